The van der Waals surface area contributed by atoms with Crippen molar-refractivity contribution in [2.24, 2.45) is 0 Å². The van der Waals surface area contributed by atoms with Crippen molar-refractivity contribution in [1.29, 1.82) is 0 Å². The van der Waals surface area contributed by atoms with Gasteiger partial charge in [-0.25, -0.2) is 0 Å². The third-order valence-corrected chi connectivity index (χ3v) is 1.56. The smallest absolute Gasteiger partial charge is 0.325 e. The summed E-state index contributed by atoms with van der Waals surface area (Å²) >= 11 is 0. The molecule has 5 heteroatoms. The van der Waals surface area contributed by atoms with Crippen LogP contribution < -0.4 is 10.6 Å². The van der Waals surface area contributed by atoms with Gasteiger partial charge in [-0.05, 0) is 20.9 Å². The standard InChI is InChI=1S/C7H14N2O3/c1-4(8-3)6(10)9-5(2)7(11)12/h4-5,8H,1-3H3,(H,9,10)(H,11,12)/t4?,5-/m0/s1. The van der Waals surface area contributed by atoms with Crippen molar-refractivity contribution in [3.8, 4) is 0 Å². The summed E-state index contributed by atoms with van der Waals surface area (Å²) in [5, 5.41) is 13.5. The number of carboxylic acid groups (broad SMARTS) is 1. The van der Waals surface area contributed by atoms with Crippen LogP contribution in [0.25, 0.3) is 0 Å². The zero-order valence-corrected chi connectivity index (χ0v) is 7.42. The lowest BCUT2D eigenvalue weighted by Gasteiger charge is -2.13. The zero-order valence-electron chi connectivity index (χ0n) is 7.42. The Bertz CT molecular complexity index is 181. The van der Waals surface area contributed by atoms with Gasteiger partial charge in [-0.1, -0.05) is 0 Å². The Kier molecular flexibility index (Phi) is 4.28. The first kappa shape index (κ1) is 10.9. The van der Waals surface area contributed by atoms with Crippen LogP contribution in [0.5, 0.6) is 0 Å². The van der Waals surface area contributed by atoms with E-state index in [0.717, 1.165) is 0 Å². The molecule has 0 radical (unpaired) electrons. The van der Waals surface area contributed by atoms with Gasteiger partial charge in [0.25, 0.3) is 0 Å². The molecule has 12 heavy (non-hydrogen) atoms. The summed E-state index contributed by atoms with van der Waals surface area (Å²) in [6, 6.07) is -1.21. The lowest BCUT2D eigenvalue weighted by Crippen LogP contribution is -2.46. The Morgan fingerprint density at radius 3 is 2.08 bits per heavy atom. The third kappa shape index (κ3) is 3.34. The van der Waals surface area contributed by atoms with Crippen LogP contribution in [0.4, 0.5) is 0 Å². The summed E-state index contributed by atoms with van der Waals surface area (Å²) in [7, 11) is 1.63. The minimum Gasteiger partial charge on any atom is -0.480 e. The first-order valence-electron chi connectivity index (χ1n) is 3.69. The van der Waals surface area contributed by atoms with E-state index in [9.17, 15) is 9.59 Å². The first-order chi connectivity index (χ1) is 5.49. The maximum Gasteiger partial charge on any atom is 0.325 e. The summed E-state index contributed by atoms with van der Waals surface area (Å²) in [4.78, 5) is 21.4. The molecule has 0 saturated carbocycles. The summed E-state index contributed by atoms with van der Waals surface area (Å²) < 4.78 is 0. The molecule has 0 heterocycles. The van der Waals surface area contributed by atoms with Crippen LogP contribution in [-0.2, 0) is 9.59 Å². The Morgan fingerprint density at radius 2 is 1.75 bits per heavy atom. The normalized spacial score (nSPS) is 14.9. The van der Waals surface area contributed by atoms with Crippen LogP contribution in [-0.4, -0.2) is 36.1 Å². The van der Waals surface area contributed by atoms with Crippen molar-refractivity contribution in [2.45, 2.75) is 25.9 Å². The number of amides is 1. The molecule has 5 nitrogen and oxygen atoms in total. The molecule has 0 spiro atoms. The molecule has 0 aromatic heterocycles. The zero-order chi connectivity index (χ0) is 9.72. The van der Waals surface area contributed by atoms with E-state index < -0.39 is 12.0 Å². The SMILES string of the molecule is CNC(C)C(=O)N[C@@H](C)C(=O)O. The lowest BCUT2D eigenvalue weighted by molar-refractivity contribution is -0.141. The van der Waals surface area contributed by atoms with E-state index in [1.165, 1.54) is 6.92 Å². The highest BCUT2D eigenvalue weighted by Gasteiger charge is 2.16. The molecule has 0 rings (SSSR count). The van der Waals surface area contributed by atoms with Crippen molar-refractivity contribution in [1.82, 2.24) is 10.6 Å². The molecule has 1 unspecified atom stereocenters. The molecule has 0 aliphatic carbocycles. The molecule has 0 aliphatic heterocycles. The summed E-state index contributed by atoms with van der Waals surface area (Å²) in [5.74, 6) is -1.35. The number of carbonyl (C=O) groups is 2. The largest absolute Gasteiger partial charge is 0.480 e. The number of rotatable bonds is 4. The lowest BCUT2D eigenvalue weighted by atomic mass is 10.3. The molecule has 2 atom stereocenters. The molecule has 0 fully saturated rings. The molecule has 0 saturated heterocycles. The maximum atomic E-state index is 11.1. The van der Waals surface area contributed by atoms with E-state index in [2.05, 4.69) is 10.6 Å². The summed E-state index contributed by atoms with van der Waals surface area (Å²) in [5.41, 5.74) is 0. The Morgan fingerprint density at radius 1 is 1.25 bits per heavy atom. The number of carboxylic acids is 1. The van der Waals surface area contributed by atoms with Crippen molar-refractivity contribution in [3.63, 3.8) is 0 Å². The second-order valence-corrected chi connectivity index (χ2v) is 2.58. The quantitative estimate of drug-likeness (QED) is 0.520. The second kappa shape index (κ2) is 4.71. The fourth-order valence-corrected chi connectivity index (χ4v) is 0.531. The van der Waals surface area contributed by atoms with Gasteiger partial charge in [0.15, 0.2) is 0 Å². The molecular weight excluding hydrogens is 160 g/mol. The Hall–Kier alpha value is -1.10. The van der Waals surface area contributed by atoms with Gasteiger partial charge < -0.3 is 15.7 Å². The highest BCUT2D eigenvalue weighted by atomic mass is 16.4. The summed E-state index contributed by atoms with van der Waals surface area (Å²) in [6.45, 7) is 3.08. The topological polar surface area (TPSA) is 78.4 Å². The monoisotopic (exact) mass is 174 g/mol. The molecule has 0 aromatic carbocycles. The fraction of sp³-hybridized carbons (Fsp3) is 0.714. The Labute approximate surface area is 71.1 Å². The van der Waals surface area contributed by atoms with Crippen LogP contribution in [0.2, 0.25) is 0 Å². The molecule has 0 aliphatic rings. The number of carbonyl (C=O) groups excluding carboxylic acids is 1. The van der Waals surface area contributed by atoms with E-state index in [0.29, 0.717) is 0 Å². The van der Waals surface area contributed by atoms with Crippen LogP contribution in [0, 0.1) is 0 Å². The van der Waals surface area contributed by atoms with E-state index in [-0.39, 0.29) is 11.9 Å². The average Bonchev–Trinajstić information content (AvgIpc) is 2.02. The third-order valence-electron chi connectivity index (χ3n) is 1.56. The van der Waals surface area contributed by atoms with Gasteiger partial charge in [0.2, 0.25) is 5.91 Å². The predicted molar refractivity (Wildman–Crippen MR) is 43.8 cm³/mol. The molecule has 0 aromatic rings. The van der Waals surface area contributed by atoms with Crippen molar-refractivity contribution in [3.05, 3.63) is 0 Å². The van der Waals surface area contributed by atoms with Crippen LogP contribution in [0.3, 0.4) is 0 Å². The molecule has 3 N–H and O–H groups in total. The van der Waals surface area contributed by atoms with E-state index in [1.54, 1.807) is 14.0 Å². The number of nitrogens with one attached hydrogen (secondary N) is 2. The van der Waals surface area contributed by atoms with E-state index in [4.69, 9.17) is 5.11 Å². The number of aliphatic carboxylic acids is 1. The van der Waals surface area contributed by atoms with Gasteiger partial charge in [0.05, 0.1) is 6.04 Å². The Balaban J connectivity index is 3.92. The maximum absolute atomic E-state index is 11.1. The molecular formula is C7H14N2O3. The van der Waals surface area contributed by atoms with Gasteiger partial charge in [-0.15, -0.1) is 0 Å². The first-order valence-corrected chi connectivity index (χ1v) is 3.69. The van der Waals surface area contributed by atoms with Gasteiger partial charge in [0, 0.05) is 0 Å². The number of hydrogen-bond acceptors (Lipinski definition) is 3. The minimum atomic E-state index is -1.04. The van der Waals surface area contributed by atoms with Crippen LogP contribution in [0.15, 0.2) is 0 Å². The van der Waals surface area contributed by atoms with Crippen LogP contribution >= 0.6 is 0 Å². The van der Waals surface area contributed by atoms with Gasteiger partial charge in [-0.2, -0.15) is 0 Å². The average molecular weight is 174 g/mol. The minimum absolute atomic E-state index is 0.313. The fourth-order valence-electron chi connectivity index (χ4n) is 0.531. The second-order valence-electron chi connectivity index (χ2n) is 2.58. The highest BCUT2D eigenvalue weighted by Crippen LogP contribution is 1.85. The summed E-state index contributed by atoms with van der Waals surface area (Å²) in [6.07, 6.45) is 0. The molecule has 70 valence electrons. The van der Waals surface area contributed by atoms with Crippen molar-refractivity contribution < 1.29 is 14.7 Å². The van der Waals surface area contributed by atoms with Crippen molar-refractivity contribution in [2.75, 3.05) is 7.05 Å². The van der Waals surface area contributed by atoms with E-state index in [1.807, 2.05) is 0 Å². The number of likely N-dealkylation sites (N-methyl/N-ethyl adjacent to an activating group) is 1. The predicted octanol–water partition coefficient (Wildman–Crippen LogP) is -0.816. The van der Waals surface area contributed by atoms with Crippen LogP contribution in [0.1, 0.15) is 13.8 Å². The van der Waals surface area contributed by atoms with E-state index >= 15 is 0 Å². The van der Waals surface area contributed by atoms with Gasteiger partial charge in [-0.3, -0.25) is 9.59 Å². The molecule has 1 amide bonds. The highest BCUT2D eigenvalue weighted by molar-refractivity contribution is 5.86. The van der Waals surface area contributed by atoms with Crippen molar-refractivity contribution >= 4 is 11.9 Å². The van der Waals surface area contributed by atoms with Gasteiger partial charge in [0.1, 0.15) is 6.04 Å². The van der Waals surface area contributed by atoms with Gasteiger partial charge >= 0.3 is 5.97 Å². The molecule has 0 bridgehead atoms. The number of hydrogen-bond donors (Lipinski definition) is 3.